The first-order chi connectivity index (χ1) is 11.5. The molecule has 1 saturated heterocycles. The number of ether oxygens (including phenoxy) is 1. The highest BCUT2D eigenvalue weighted by atomic mass is 35.5. The third-order valence-electron chi connectivity index (χ3n) is 4.43. The first-order valence-electron chi connectivity index (χ1n) is 7.66. The molecule has 1 aromatic carbocycles. The Bertz CT molecular complexity index is 739. The van der Waals surface area contributed by atoms with Gasteiger partial charge >= 0.3 is 0 Å². The van der Waals surface area contributed by atoms with Gasteiger partial charge in [0.2, 0.25) is 0 Å². The number of aromatic amines is 1. The van der Waals surface area contributed by atoms with Gasteiger partial charge in [-0.05, 0) is 36.6 Å². The van der Waals surface area contributed by atoms with Gasteiger partial charge in [-0.25, -0.2) is 0 Å². The first kappa shape index (κ1) is 17.6. The molecule has 4 nitrogen and oxygen atoms in total. The van der Waals surface area contributed by atoms with Crippen LogP contribution in [0.3, 0.4) is 0 Å². The van der Waals surface area contributed by atoms with Crippen molar-refractivity contribution in [2.24, 2.45) is 0 Å². The monoisotopic (exact) mass is 386 g/mol. The number of carbonyl (C=O) groups excluding carboxylic acids is 1. The van der Waals surface area contributed by atoms with E-state index in [1.165, 1.54) is 0 Å². The molecule has 2 N–H and O–H groups in total. The van der Waals surface area contributed by atoms with Gasteiger partial charge in [0.25, 0.3) is 5.91 Å². The summed E-state index contributed by atoms with van der Waals surface area (Å²) in [7, 11) is 0. The Morgan fingerprint density at radius 2 is 1.92 bits per heavy atom. The van der Waals surface area contributed by atoms with Gasteiger partial charge in [0, 0.05) is 41.4 Å². The van der Waals surface area contributed by atoms with Crippen LogP contribution in [0.4, 0.5) is 0 Å². The summed E-state index contributed by atoms with van der Waals surface area (Å²) in [6.07, 6.45) is 3.14. The lowest BCUT2D eigenvalue weighted by atomic mass is 9.74. The number of benzene rings is 1. The lowest BCUT2D eigenvalue weighted by Crippen LogP contribution is -2.44. The van der Waals surface area contributed by atoms with E-state index >= 15 is 0 Å². The topological polar surface area (TPSA) is 54.1 Å². The van der Waals surface area contributed by atoms with E-state index < -0.39 is 0 Å². The van der Waals surface area contributed by atoms with Crippen LogP contribution < -0.4 is 5.32 Å². The molecule has 1 aliphatic heterocycles. The molecule has 0 bridgehead atoms. The summed E-state index contributed by atoms with van der Waals surface area (Å²) in [4.78, 5) is 15.2. The Balaban J connectivity index is 1.82. The van der Waals surface area contributed by atoms with E-state index in [1.54, 1.807) is 18.3 Å². The molecular formula is C17H17Cl3N2O2. The summed E-state index contributed by atoms with van der Waals surface area (Å²) in [5.74, 6) is -0.196. The largest absolute Gasteiger partial charge is 0.381 e. The van der Waals surface area contributed by atoms with E-state index in [9.17, 15) is 4.79 Å². The van der Waals surface area contributed by atoms with Crippen LogP contribution in [0.1, 0.15) is 28.9 Å². The Hall–Kier alpha value is -1.20. The molecule has 2 heterocycles. The Morgan fingerprint density at radius 1 is 1.17 bits per heavy atom. The fraction of sp³-hybridized carbons (Fsp3) is 0.353. The first-order valence-corrected chi connectivity index (χ1v) is 8.79. The fourth-order valence-electron chi connectivity index (χ4n) is 3.07. The van der Waals surface area contributed by atoms with Gasteiger partial charge in [-0.15, -0.1) is 0 Å². The second-order valence-corrected chi connectivity index (χ2v) is 7.21. The molecule has 1 aromatic heterocycles. The maximum Gasteiger partial charge on any atom is 0.267 e. The van der Waals surface area contributed by atoms with Gasteiger partial charge < -0.3 is 15.0 Å². The minimum Gasteiger partial charge on any atom is -0.381 e. The molecule has 0 unspecified atom stereocenters. The van der Waals surface area contributed by atoms with Crippen LogP contribution in [-0.4, -0.2) is 30.6 Å². The normalized spacial score (nSPS) is 16.8. The van der Waals surface area contributed by atoms with Crippen LogP contribution in [0, 0.1) is 0 Å². The number of amides is 1. The van der Waals surface area contributed by atoms with E-state index in [2.05, 4.69) is 10.3 Å². The highest BCUT2D eigenvalue weighted by Gasteiger charge is 2.36. The molecule has 1 fully saturated rings. The van der Waals surface area contributed by atoms with E-state index in [0.29, 0.717) is 40.5 Å². The van der Waals surface area contributed by atoms with Crippen molar-refractivity contribution < 1.29 is 9.53 Å². The smallest absolute Gasteiger partial charge is 0.267 e. The molecular weight excluding hydrogens is 371 g/mol. The second kappa shape index (κ2) is 7.36. The van der Waals surface area contributed by atoms with Crippen molar-refractivity contribution in [3.05, 3.63) is 56.8 Å². The van der Waals surface area contributed by atoms with Crippen LogP contribution >= 0.6 is 34.8 Å². The summed E-state index contributed by atoms with van der Waals surface area (Å²) >= 11 is 18.3. The number of nitrogens with one attached hydrogen (secondary N) is 2. The third kappa shape index (κ3) is 3.72. The van der Waals surface area contributed by atoms with Crippen molar-refractivity contribution >= 4 is 40.7 Å². The van der Waals surface area contributed by atoms with Gasteiger partial charge in [-0.3, -0.25) is 4.79 Å². The molecule has 0 atom stereocenters. The molecule has 0 radical (unpaired) electrons. The third-order valence-corrected chi connectivity index (χ3v) is 5.20. The van der Waals surface area contributed by atoms with Crippen molar-refractivity contribution in [1.82, 2.24) is 10.3 Å². The molecule has 2 aromatic rings. The van der Waals surface area contributed by atoms with E-state index in [4.69, 9.17) is 39.5 Å². The second-order valence-electron chi connectivity index (χ2n) is 5.93. The molecule has 0 saturated carbocycles. The Morgan fingerprint density at radius 3 is 2.54 bits per heavy atom. The van der Waals surface area contributed by atoms with Crippen molar-refractivity contribution in [1.29, 1.82) is 0 Å². The van der Waals surface area contributed by atoms with Crippen LogP contribution in [0.25, 0.3) is 0 Å². The highest BCUT2D eigenvalue weighted by molar-refractivity contribution is 6.35. The summed E-state index contributed by atoms with van der Waals surface area (Å²) in [6, 6.07) is 7.10. The molecule has 3 rings (SSSR count). The van der Waals surface area contributed by atoms with Crippen molar-refractivity contribution in [2.45, 2.75) is 18.3 Å². The number of hydrogen-bond donors (Lipinski definition) is 2. The summed E-state index contributed by atoms with van der Waals surface area (Å²) in [6.45, 7) is 1.72. The van der Waals surface area contributed by atoms with Crippen molar-refractivity contribution in [3.8, 4) is 0 Å². The van der Waals surface area contributed by atoms with Gasteiger partial charge in [0.1, 0.15) is 5.69 Å². The van der Waals surface area contributed by atoms with E-state index in [-0.39, 0.29) is 11.3 Å². The minimum atomic E-state index is -0.272. The van der Waals surface area contributed by atoms with Crippen molar-refractivity contribution in [2.75, 3.05) is 19.8 Å². The van der Waals surface area contributed by atoms with Gasteiger partial charge in [-0.1, -0.05) is 40.9 Å². The zero-order valence-electron chi connectivity index (χ0n) is 12.9. The number of aromatic nitrogens is 1. The van der Waals surface area contributed by atoms with E-state index in [1.807, 2.05) is 12.1 Å². The van der Waals surface area contributed by atoms with Crippen LogP contribution in [0.15, 0.2) is 30.5 Å². The van der Waals surface area contributed by atoms with Crippen LogP contribution in [0.2, 0.25) is 15.1 Å². The highest BCUT2D eigenvalue weighted by Crippen LogP contribution is 2.39. The average Bonchev–Trinajstić information content (AvgIpc) is 3.00. The van der Waals surface area contributed by atoms with E-state index in [0.717, 1.165) is 18.4 Å². The standard InChI is InChI=1S/C17H17Cl3N2O2/c18-11-1-2-13(14(20)7-11)17(3-5-24-6-4-17)10-22-16(23)15-8-12(19)9-21-15/h1-2,7-9,21H,3-6,10H2,(H,22,23). The summed E-state index contributed by atoms with van der Waals surface area (Å²) < 4.78 is 5.50. The van der Waals surface area contributed by atoms with Gasteiger partial charge in [0.15, 0.2) is 0 Å². The molecule has 24 heavy (non-hydrogen) atoms. The Kier molecular flexibility index (Phi) is 5.40. The molecule has 7 heteroatoms. The predicted molar refractivity (Wildman–Crippen MR) is 96.3 cm³/mol. The Labute approximate surface area is 155 Å². The number of H-pyrrole nitrogens is 1. The van der Waals surface area contributed by atoms with Crippen LogP contribution in [0.5, 0.6) is 0 Å². The number of hydrogen-bond acceptors (Lipinski definition) is 2. The fourth-order valence-corrected chi connectivity index (χ4v) is 3.84. The maximum absolute atomic E-state index is 12.3. The average molecular weight is 388 g/mol. The quantitative estimate of drug-likeness (QED) is 0.814. The lowest BCUT2D eigenvalue weighted by Gasteiger charge is -2.38. The summed E-state index contributed by atoms with van der Waals surface area (Å²) in [5, 5.41) is 4.69. The number of halogens is 3. The lowest BCUT2D eigenvalue weighted by molar-refractivity contribution is 0.0487. The number of rotatable bonds is 4. The molecule has 0 spiro atoms. The molecule has 1 amide bonds. The maximum atomic E-state index is 12.3. The summed E-state index contributed by atoms with van der Waals surface area (Å²) in [5.41, 5.74) is 1.15. The minimum absolute atomic E-state index is 0.196. The van der Waals surface area contributed by atoms with Gasteiger partial charge in [-0.2, -0.15) is 0 Å². The molecule has 0 aliphatic carbocycles. The SMILES string of the molecule is O=C(NCC1(c2ccc(Cl)cc2Cl)CCOCC1)c1cc(Cl)c[nH]1. The molecule has 1 aliphatic rings. The predicted octanol–water partition coefficient (Wildman–Crippen LogP) is 4.45. The molecule has 128 valence electrons. The van der Waals surface area contributed by atoms with Crippen LogP contribution in [-0.2, 0) is 10.2 Å². The number of carbonyl (C=O) groups is 1. The zero-order valence-corrected chi connectivity index (χ0v) is 15.1. The zero-order chi connectivity index (χ0) is 17.2. The van der Waals surface area contributed by atoms with Crippen molar-refractivity contribution in [3.63, 3.8) is 0 Å². The van der Waals surface area contributed by atoms with Gasteiger partial charge in [0.05, 0.1) is 5.02 Å².